The van der Waals surface area contributed by atoms with Gasteiger partial charge in [-0.25, -0.2) is 9.59 Å². The van der Waals surface area contributed by atoms with Gasteiger partial charge in [-0.1, -0.05) is 64.5 Å². The Hall–Kier alpha value is -3.39. The van der Waals surface area contributed by atoms with E-state index in [0.29, 0.717) is 22.7 Å². The Morgan fingerprint density at radius 1 is 1.03 bits per heavy atom. The summed E-state index contributed by atoms with van der Waals surface area (Å²) in [5.41, 5.74) is 1.86. The maximum atomic E-state index is 13.3. The number of fused-ring (bicyclic) bond motifs is 1. The number of anilines is 1. The van der Waals surface area contributed by atoms with Crippen molar-refractivity contribution in [3.05, 3.63) is 108 Å². The van der Waals surface area contributed by atoms with Crippen molar-refractivity contribution in [1.82, 2.24) is 9.13 Å². The van der Waals surface area contributed by atoms with Crippen LogP contribution in [0.1, 0.15) is 29.5 Å². The molecular weight excluding hydrogens is 474 g/mol. The van der Waals surface area contributed by atoms with Crippen LogP contribution in [-0.4, -0.2) is 15.1 Å². The van der Waals surface area contributed by atoms with E-state index < -0.39 is 23.1 Å². The quantitative estimate of drug-likeness (QED) is 0.560. The third kappa shape index (κ3) is 3.71. The molecule has 32 heavy (non-hydrogen) atoms. The average molecular weight is 496 g/mol. The van der Waals surface area contributed by atoms with Crippen molar-refractivity contribution in [1.29, 1.82) is 0 Å². The van der Waals surface area contributed by atoms with E-state index in [1.807, 2.05) is 54.6 Å². The lowest BCUT2D eigenvalue weighted by atomic mass is 9.82. The van der Waals surface area contributed by atoms with Gasteiger partial charge in [0, 0.05) is 24.3 Å². The Bertz CT molecular complexity index is 1360. The first-order chi connectivity index (χ1) is 15.3. The molecule has 0 radical (unpaired) electrons. The summed E-state index contributed by atoms with van der Waals surface area (Å²) in [4.78, 5) is 39.1. The average Bonchev–Trinajstić information content (AvgIpc) is 2.80. The van der Waals surface area contributed by atoms with Gasteiger partial charge < -0.3 is 10.1 Å². The summed E-state index contributed by atoms with van der Waals surface area (Å²) >= 11 is 3.56. The normalized spacial score (nSPS) is 15.2. The highest BCUT2D eigenvalue weighted by Crippen LogP contribution is 2.42. The molecule has 2 heterocycles. The van der Waals surface area contributed by atoms with Gasteiger partial charge in [0.1, 0.15) is 12.4 Å². The maximum absolute atomic E-state index is 13.3. The maximum Gasteiger partial charge on any atom is 0.337 e. The van der Waals surface area contributed by atoms with Crippen molar-refractivity contribution in [2.24, 2.45) is 14.1 Å². The fourth-order valence-electron chi connectivity index (χ4n) is 3.98. The number of esters is 1. The van der Waals surface area contributed by atoms with Crippen LogP contribution in [0.3, 0.4) is 0 Å². The second-order valence-electron chi connectivity index (χ2n) is 7.65. The fourth-order valence-corrected chi connectivity index (χ4v) is 4.49. The summed E-state index contributed by atoms with van der Waals surface area (Å²) in [6.45, 7) is 1.85. The second kappa shape index (κ2) is 8.63. The number of nitrogens with one attached hydrogen (secondary N) is 1. The standard InChI is InChI=1S/C24H22BrN3O4/c1-14-18(23(30)32-13-15-9-5-4-6-10-15)19(16-11-7-8-12-17(16)25)20-21(26-14)27(2)24(31)28(3)22(20)29/h4-12,19,26H,13H2,1-3H3. The van der Waals surface area contributed by atoms with Gasteiger partial charge in [-0.05, 0) is 24.1 Å². The van der Waals surface area contributed by atoms with E-state index in [1.54, 1.807) is 14.0 Å². The van der Waals surface area contributed by atoms with E-state index in [1.165, 1.54) is 11.6 Å². The molecule has 0 fully saturated rings. The number of nitrogens with zero attached hydrogens (tertiary/aromatic N) is 2. The van der Waals surface area contributed by atoms with Crippen molar-refractivity contribution in [2.45, 2.75) is 19.4 Å². The SMILES string of the molecule is CC1=C(C(=O)OCc2ccccc2)C(c2ccccc2Br)c2c(n(C)c(=O)n(C)c2=O)N1. The predicted molar refractivity (Wildman–Crippen MR) is 125 cm³/mol. The van der Waals surface area contributed by atoms with Crippen LogP contribution in [0.4, 0.5) is 5.82 Å². The third-order valence-corrected chi connectivity index (χ3v) is 6.36. The minimum absolute atomic E-state index is 0.108. The zero-order valence-electron chi connectivity index (χ0n) is 17.9. The molecule has 1 N–H and O–H groups in total. The number of hydrogen-bond acceptors (Lipinski definition) is 5. The number of allylic oxidation sites excluding steroid dienone is 1. The molecule has 8 heteroatoms. The van der Waals surface area contributed by atoms with Gasteiger partial charge in [-0.15, -0.1) is 0 Å². The first-order valence-electron chi connectivity index (χ1n) is 10.0. The first-order valence-corrected chi connectivity index (χ1v) is 10.8. The highest BCUT2D eigenvalue weighted by Gasteiger charge is 2.38. The molecule has 7 nitrogen and oxygen atoms in total. The largest absolute Gasteiger partial charge is 0.457 e. The van der Waals surface area contributed by atoms with E-state index in [0.717, 1.165) is 20.2 Å². The molecule has 0 spiro atoms. The van der Waals surface area contributed by atoms with E-state index in [2.05, 4.69) is 21.2 Å². The van der Waals surface area contributed by atoms with Crippen molar-refractivity contribution >= 4 is 27.7 Å². The van der Waals surface area contributed by atoms with Crippen LogP contribution in [0.15, 0.2) is 79.9 Å². The second-order valence-corrected chi connectivity index (χ2v) is 8.50. The number of aromatic nitrogens is 2. The molecule has 2 aromatic carbocycles. The molecule has 4 rings (SSSR count). The Morgan fingerprint density at radius 3 is 2.38 bits per heavy atom. The number of carbonyl (C=O) groups is 1. The highest BCUT2D eigenvalue weighted by atomic mass is 79.9. The minimum Gasteiger partial charge on any atom is -0.457 e. The Kier molecular flexibility index (Phi) is 5.88. The molecule has 0 saturated heterocycles. The van der Waals surface area contributed by atoms with Gasteiger partial charge in [0.25, 0.3) is 5.56 Å². The molecule has 0 saturated carbocycles. The molecule has 0 aliphatic carbocycles. The lowest BCUT2D eigenvalue weighted by Crippen LogP contribution is -2.43. The summed E-state index contributed by atoms with van der Waals surface area (Å²) in [6, 6.07) is 16.8. The predicted octanol–water partition coefficient (Wildman–Crippen LogP) is 3.42. The molecule has 3 aromatic rings. The minimum atomic E-state index is -0.712. The van der Waals surface area contributed by atoms with Crippen LogP contribution in [0.5, 0.6) is 0 Å². The lowest BCUT2D eigenvalue weighted by Gasteiger charge is -2.31. The number of ether oxygens (including phenoxy) is 1. The van der Waals surface area contributed by atoms with Gasteiger partial charge in [-0.3, -0.25) is 13.9 Å². The number of hydrogen-bond donors (Lipinski definition) is 1. The van der Waals surface area contributed by atoms with Crippen molar-refractivity contribution < 1.29 is 9.53 Å². The zero-order valence-corrected chi connectivity index (χ0v) is 19.5. The molecular formula is C24H22BrN3O4. The Balaban J connectivity index is 1.88. The van der Waals surface area contributed by atoms with Gasteiger partial charge >= 0.3 is 11.7 Å². The lowest BCUT2D eigenvalue weighted by molar-refractivity contribution is -0.140. The summed E-state index contributed by atoms with van der Waals surface area (Å²) < 4.78 is 8.82. The van der Waals surface area contributed by atoms with Gasteiger partial charge in [-0.2, -0.15) is 0 Å². The summed E-state index contributed by atoms with van der Waals surface area (Å²) in [6.07, 6.45) is 0. The topological polar surface area (TPSA) is 82.3 Å². The number of benzene rings is 2. The molecule has 1 aliphatic rings. The first kappa shape index (κ1) is 21.8. The smallest absolute Gasteiger partial charge is 0.337 e. The zero-order chi connectivity index (χ0) is 23.0. The Labute approximate surface area is 193 Å². The highest BCUT2D eigenvalue weighted by molar-refractivity contribution is 9.10. The summed E-state index contributed by atoms with van der Waals surface area (Å²) in [7, 11) is 3.03. The van der Waals surface area contributed by atoms with Crippen molar-refractivity contribution in [2.75, 3.05) is 5.32 Å². The van der Waals surface area contributed by atoms with Crippen LogP contribution < -0.4 is 16.6 Å². The van der Waals surface area contributed by atoms with Crippen LogP contribution >= 0.6 is 15.9 Å². The molecule has 1 unspecified atom stereocenters. The third-order valence-electron chi connectivity index (χ3n) is 5.64. The molecule has 0 amide bonds. The molecule has 0 bridgehead atoms. The molecule has 1 atom stereocenters. The molecule has 1 aromatic heterocycles. The van der Waals surface area contributed by atoms with Crippen LogP contribution in [0, 0.1) is 0 Å². The molecule has 1 aliphatic heterocycles. The van der Waals surface area contributed by atoms with Gasteiger partial charge in [0.05, 0.1) is 17.1 Å². The van der Waals surface area contributed by atoms with Crippen LogP contribution in [-0.2, 0) is 30.2 Å². The summed E-state index contributed by atoms with van der Waals surface area (Å²) in [5, 5.41) is 3.10. The van der Waals surface area contributed by atoms with Crippen LogP contribution in [0.25, 0.3) is 0 Å². The number of carbonyl (C=O) groups excluding carboxylic acids is 1. The van der Waals surface area contributed by atoms with E-state index in [9.17, 15) is 14.4 Å². The van der Waals surface area contributed by atoms with Gasteiger partial charge in [0.2, 0.25) is 0 Å². The molecule has 164 valence electrons. The summed E-state index contributed by atoms with van der Waals surface area (Å²) in [5.74, 6) is -0.868. The Morgan fingerprint density at radius 2 is 1.69 bits per heavy atom. The van der Waals surface area contributed by atoms with E-state index in [4.69, 9.17) is 4.74 Å². The fraction of sp³-hybridized carbons (Fsp3) is 0.208. The van der Waals surface area contributed by atoms with E-state index >= 15 is 0 Å². The number of halogens is 1. The van der Waals surface area contributed by atoms with E-state index in [-0.39, 0.29) is 6.61 Å². The van der Waals surface area contributed by atoms with Crippen molar-refractivity contribution in [3.8, 4) is 0 Å². The van der Waals surface area contributed by atoms with Crippen LogP contribution in [0.2, 0.25) is 0 Å². The van der Waals surface area contributed by atoms with Crippen molar-refractivity contribution in [3.63, 3.8) is 0 Å². The number of rotatable bonds is 4. The monoisotopic (exact) mass is 495 g/mol. The van der Waals surface area contributed by atoms with Gasteiger partial charge in [0.15, 0.2) is 0 Å².